The van der Waals surface area contributed by atoms with Gasteiger partial charge in [0, 0.05) is 6.07 Å². The number of nitro benzene ring substituents is 1. The first kappa shape index (κ1) is 19.2. The highest BCUT2D eigenvalue weighted by atomic mass is 32.2. The van der Waals surface area contributed by atoms with E-state index in [2.05, 4.69) is 0 Å². The van der Waals surface area contributed by atoms with E-state index in [1.807, 2.05) is 0 Å². The highest BCUT2D eigenvalue weighted by molar-refractivity contribution is 7.92. The lowest BCUT2D eigenvalue weighted by atomic mass is 10.1. The second-order valence-corrected chi connectivity index (χ2v) is 7.43. The number of nitriles is 1. The first-order valence-corrected chi connectivity index (χ1v) is 8.91. The van der Waals surface area contributed by atoms with Crippen LogP contribution in [-0.4, -0.2) is 27.6 Å². The van der Waals surface area contributed by atoms with Gasteiger partial charge in [0.1, 0.15) is 0 Å². The molecule has 0 bridgehead atoms. The van der Waals surface area contributed by atoms with Crippen LogP contribution in [0.2, 0.25) is 0 Å². The number of benzene rings is 2. The van der Waals surface area contributed by atoms with Crippen LogP contribution < -0.4 is 9.47 Å². The minimum absolute atomic E-state index is 0.0314. The number of hydrogen-bond acceptors (Lipinski definition) is 7. The van der Waals surface area contributed by atoms with Crippen LogP contribution in [0.3, 0.4) is 0 Å². The molecule has 2 rings (SSSR count). The van der Waals surface area contributed by atoms with Gasteiger partial charge in [-0.3, -0.25) is 10.1 Å². The number of methoxy groups -OCH3 is 2. The standard InChI is InChI=1S/C17H16N2O6S/c1-11-4-6-13(7-5-11)26(22,23)16(10-18)12-8-14(19(20)21)17(25-3)15(9-12)24-2/h4-9,16H,1-3H3. The van der Waals surface area contributed by atoms with Crippen molar-refractivity contribution in [1.29, 1.82) is 5.26 Å². The minimum atomic E-state index is -4.09. The van der Waals surface area contributed by atoms with E-state index in [9.17, 15) is 23.8 Å². The van der Waals surface area contributed by atoms with E-state index in [0.717, 1.165) is 11.6 Å². The average Bonchev–Trinajstić information content (AvgIpc) is 2.61. The molecule has 1 unspecified atom stereocenters. The first-order valence-electron chi connectivity index (χ1n) is 7.36. The van der Waals surface area contributed by atoms with Crippen LogP contribution in [0.1, 0.15) is 16.4 Å². The molecule has 0 amide bonds. The molecule has 0 heterocycles. The molecule has 0 N–H and O–H groups in total. The summed E-state index contributed by atoms with van der Waals surface area (Å²) in [5.74, 6) is -0.179. The molecule has 26 heavy (non-hydrogen) atoms. The van der Waals surface area contributed by atoms with E-state index in [1.165, 1.54) is 32.4 Å². The lowest BCUT2D eigenvalue weighted by molar-refractivity contribution is -0.385. The van der Waals surface area contributed by atoms with Crippen LogP contribution in [0.25, 0.3) is 0 Å². The van der Waals surface area contributed by atoms with Crippen LogP contribution >= 0.6 is 0 Å². The minimum Gasteiger partial charge on any atom is -0.493 e. The van der Waals surface area contributed by atoms with Crippen molar-refractivity contribution < 1.29 is 22.8 Å². The van der Waals surface area contributed by atoms with Crippen LogP contribution in [0, 0.1) is 28.4 Å². The molecule has 0 fully saturated rings. The SMILES string of the molecule is COc1cc(C(C#N)S(=O)(=O)c2ccc(C)cc2)cc([N+](=O)[O-])c1OC. The Morgan fingerprint density at radius 3 is 2.23 bits per heavy atom. The molecule has 0 saturated heterocycles. The molecular formula is C17H16N2O6S. The molecule has 0 radical (unpaired) electrons. The molecule has 0 aliphatic carbocycles. The summed E-state index contributed by atoms with van der Waals surface area (Å²) in [4.78, 5) is 10.5. The molecule has 2 aromatic carbocycles. The number of hydrogen-bond donors (Lipinski definition) is 0. The highest BCUT2D eigenvalue weighted by Gasteiger charge is 2.33. The topological polar surface area (TPSA) is 120 Å². The fraction of sp³-hybridized carbons (Fsp3) is 0.235. The predicted octanol–water partition coefficient (Wildman–Crippen LogP) is 2.96. The van der Waals surface area contributed by atoms with Gasteiger partial charge < -0.3 is 9.47 Å². The Hall–Kier alpha value is -3.12. The Balaban J connectivity index is 2.67. The van der Waals surface area contributed by atoms with Crippen molar-refractivity contribution in [3.8, 4) is 17.6 Å². The fourth-order valence-corrected chi connectivity index (χ4v) is 3.86. The largest absolute Gasteiger partial charge is 0.493 e. The van der Waals surface area contributed by atoms with Gasteiger partial charge in [-0.2, -0.15) is 5.26 Å². The van der Waals surface area contributed by atoms with Gasteiger partial charge in [-0.15, -0.1) is 0 Å². The monoisotopic (exact) mass is 376 g/mol. The first-order chi connectivity index (χ1) is 12.3. The second-order valence-electron chi connectivity index (χ2n) is 5.40. The molecular weight excluding hydrogens is 360 g/mol. The number of aryl methyl sites for hydroxylation is 1. The lowest BCUT2D eigenvalue weighted by Gasteiger charge is -2.14. The smallest absolute Gasteiger partial charge is 0.315 e. The molecule has 2 aromatic rings. The van der Waals surface area contributed by atoms with Gasteiger partial charge in [-0.05, 0) is 30.7 Å². The van der Waals surface area contributed by atoms with Crippen molar-refractivity contribution in [2.75, 3.05) is 14.2 Å². The Morgan fingerprint density at radius 2 is 1.77 bits per heavy atom. The van der Waals surface area contributed by atoms with Gasteiger partial charge in [0.15, 0.2) is 20.8 Å². The summed E-state index contributed by atoms with van der Waals surface area (Å²) in [6.07, 6.45) is 0. The maximum Gasteiger partial charge on any atom is 0.315 e. The zero-order valence-corrected chi connectivity index (χ0v) is 15.1. The number of ether oxygens (including phenoxy) is 2. The summed E-state index contributed by atoms with van der Waals surface area (Å²) in [6, 6.07) is 10.00. The summed E-state index contributed by atoms with van der Waals surface area (Å²) in [7, 11) is -1.59. The summed E-state index contributed by atoms with van der Waals surface area (Å²) in [6.45, 7) is 1.80. The average molecular weight is 376 g/mol. The third-order valence-electron chi connectivity index (χ3n) is 3.76. The Labute approximate surface area is 150 Å². The van der Waals surface area contributed by atoms with Crippen molar-refractivity contribution in [3.63, 3.8) is 0 Å². The van der Waals surface area contributed by atoms with Crippen molar-refractivity contribution in [3.05, 3.63) is 57.6 Å². The van der Waals surface area contributed by atoms with E-state index in [-0.39, 0.29) is 22.0 Å². The van der Waals surface area contributed by atoms with Gasteiger partial charge in [-0.1, -0.05) is 17.7 Å². The summed E-state index contributed by atoms with van der Waals surface area (Å²) in [5.41, 5.74) is 0.304. The number of nitrogens with zero attached hydrogens (tertiary/aromatic N) is 2. The maximum absolute atomic E-state index is 12.8. The van der Waals surface area contributed by atoms with Gasteiger partial charge in [-0.25, -0.2) is 8.42 Å². The summed E-state index contributed by atoms with van der Waals surface area (Å²) >= 11 is 0. The Morgan fingerprint density at radius 1 is 1.15 bits per heavy atom. The van der Waals surface area contributed by atoms with Crippen LogP contribution in [0.5, 0.6) is 11.5 Å². The number of rotatable bonds is 6. The molecule has 8 nitrogen and oxygen atoms in total. The summed E-state index contributed by atoms with van der Waals surface area (Å²) in [5, 5.41) is 19.2. The molecule has 0 saturated carbocycles. The van der Waals surface area contributed by atoms with E-state index in [4.69, 9.17) is 9.47 Å². The van der Waals surface area contributed by atoms with E-state index in [1.54, 1.807) is 25.1 Å². The molecule has 0 aliphatic rings. The van der Waals surface area contributed by atoms with Gasteiger partial charge >= 0.3 is 5.69 Å². The van der Waals surface area contributed by atoms with Gasteiger partial charge in [0.05, 0.1) is 30.1 Å². The highest BCUT2D eigenvalue weighted by Crippen LogP contribution is 2.41. The Bertz CT molecular complexity index is 978. The van der Waals surface area contributed by atoms with Gasteiger partial charge in [0.2, 0.25) is 5.75 Å². The molecule has 9 heteroatoms. The van der Waals surface area contributed by atoms with Crippen LogP contribution in [0.4, 0.5) is 5.69 Å². The maximum atomic E-state index is 12.8. The van der Waals surface area contributed by atoms with Crippen LogP contribution in [0.15, 0.2) is 41.3 Å². The zero-order valence-electron chi connectivity index (χ0n) is 14.3. The van der Waals surface area contributed by atoms with Gasteiger partial charge in [0.25, 0.3) is 0 Å². The van der Waals surface area contributed by atoms with E-state index >= 15 is 0 Å². The van der Waals surface area contributed by atoms with Crippen molar-refractivity contribution in [1.82, 2.24) is 0 Å². The molecule has 0 aromatic heterocycles. The third-order valence-corrected chi connectivity index (χ3v) is 5.69. The fourth-order valence-electron chi connectivity index (χ4n) is 2.44. The van der Waals surface area contributed by atoms with E-state index < -0.39 is 25.7 Å². The van der Waals surface area contributed by atoms with Crippen molar-refractivity contribution in [2.24, 2.45) is 0 Å². The molecule has 1 atom stereocenters. The molecule has 0 spiro atoms. The second kappa shape index (κ2) is 7.41. The third kappa shape index (κ3) is 3.45. The zero-order chi connectivity index (χ0) is 19.5. The molecule has 0 aliphatic heterocycles. The normalized spacial score (nSPS) is 12.1. The molecule has 136 valence electrons. The number of nitro groups is 1. The quantitative estimate of drug-likeness (QED) is 0.561. The summed E-state index contributed by atoms with van der Waals surface area (Å²) < 4.78 is 35.7. The van der Waals surface area contributed by atoms with Crippen molar-refractivity contribution in [2.45, 2.75) is 17.1 Å². The Kier molecular flexibility index (Phi) is 5.47. The van der Waals surface area contributed by atoms with E-state index in [0.29, 0.717) is 0 Å². The van der Waals surface area contributed by atoms with Crippen LogP contribution in [-0.2, 0) is 9.84 Å². The number of sulfone groups is 1. The predicted molar refractivity (Wildman–Crippen MR) is 92.9 cm³/mol. The van der Waals surface area contributed by atoms with Crippen molar-refractivity contribution >= 4 is 15.5 Å². The lowest BCUT2D eigenvalue weighted by Crippen LogP contribution is -2.13.